The first-order valence-corrected chi connectivity index (χ1v) is 13.6. The van der Waals surface area contributed by atoms with Crippen molar-refractivity contribution in [3.05, 3.63) is 107 Å². The van der Waals surface area contributed by atoms with Gasteiger partial charge in [-0.15, -0.1) is 0 Å². The molecule has 200 valence electrons. The molecule has 3 aromatic carbocycles. The number of benzene rings is 3. The van der Waals surface area contributed by atoms with Crippen LogP contribution in [0.1, 0.15) is 28.1 Å². The van der Waals surface area contributed by atoms with Crippen molar-refractivity contribution in [2.45, 2.75) is 19.6 Å². The quantitative estimate of drug-likeness (QED) is 0.299. The van der Waals surface area contributed by atoms with Crippen LogP contribution in [0.25, 0.3) is 33.0 Å². The molecule has 0 fully saturated rings. The summed E-state index contributed by atoms with van der Waals surface area (Å²) in [5, 5.41) is 1.94. The zero-order chi connectivity index (χ0) is 27.4. The predicted octanol–water partition coefficient (Wildman–Crippen LogP) is 5.04. The minimum Gasteiger partial charge on any atom is -0.358 e. The Bertz CT molecular complexity index is 1830. The zero-order valence-corrected chi connectivity index (χ0v) is 22.6. The van der Waals surface area contributed by atoms with Gasteiger partial charge in [0, 0.05) is 63.8 Å². The summed E-state index contributed by atoms with van der Waals surface area (Å²) in [6.45, 7) is 1.83. The van der Waals surface area contributed by atoms with Crippen LogP contribution in [0, 0.1) is 0 Å². The molecule has 1 N–H and O–H groups in total. The number of likely N-dealkylation sites (N-methyl/N-ethyl adjacent to an activating group) is 1. The largest absolute Gasteiger partial charge is 0.358 e. The highest BCUT2D eigenvalue weighted by Gasteiger charge is 2.45. The molecule has 2 aromatic heterocycles. The Balaban J connectivity index is 1.40. The number of imide groups is 1. The fraction of sp³-hybridized carbons (Fsp3) is 0.212. The SMILES string of the molecule is CN(C)CCn1c2c(c3ccccc31)C1=C(C(=O)N(COCc3ccccc3)C1=O)c1c([nH]c3ccccc13)C2. The molecule has 1 aliphatic carbocycles. The van der Waals surface area contributed by atoms with Gasteiger partial charge in [-0.05, 0) is 31.8 Å². The van der Waals surface area contributed by atoms with Crippen LogP contribution in [0.5, 0.6) is 0 Å². The Hall–Kier alpha value is -4.46. The van der Waals surface area contributed by atoms with Crippen LogP contribution in [0.15, 0.2) is 78.9 Å². The summed E-state index contributed by atoms with van der Waals surface area (Å²) >= 11 is 0. The van der Waals surface area contributed by atoms with E-state index < -0.39 is 0 Å². The van der Waals surface area contributed by atoms with Crippen LogP contribution >= 0.6 is 0 Å². The Morgan fingerprint density at radius 2 is 1.50 bits per heavy atom. The molecule has 7 nitrogen and oxygen atoms in total. The van der Waals surface area contributed by atoms with Crippen molar-refractivity contribution in [1.82, 2.24) is 19.4 Å². The van der Waals surface area contributed by atoms with Crippen molar-refractivity contribution in [3.63, 3.8) is 0 Å². The Labute approximate surface area is 232 Å². The number of aromatic amines is 1. The fourth-order valence-corrected chi connectivity index (χ4v) is 6.14. The summed E-state index contributed by atoms with van der Waals surface area (Å²) in [6.07, 6.45) is 0.597. The normalized spacial score (nSPS) is 14.8. The molecule has 0 spiro atoms. The van der Waals surface area contributed by atoms with Gasteiger partial charge in [0.25, 0.3) is 11.8 Å². The smallest absolute Gasteiger partial charge is 0.264 e. The summed E-state index contributed by atoms with van der Waals surface area (Å²) in [6, 6.07) is 26.0. The summed E-state index contributed by atoms with van der Waals surface area (Å²) in [5.41, 5.74) is 7.65. The molecule has 0 unspecified atom stereocenters. The van der Waals surface area contributed by atoms with E-state index in [1.807, 2.05) is 66.7 Å². The van der Waals surface area contributed by atoms with Crippen molar-refractivity contribution < 1.29 is 14.3 Å². The van der Waals surface area contributed by atoms with E-state index >= 15 is 0 Å². The standard InChI is InChI=1S/C33H30N4O3/c1-35(2)16-17-36-26-15-9-7-13-23(26)29-27(36)18-25-28(22-12-6-8-14-24(22)34-25)30-31(29)33(39)37(32(30)38)20-40-19-21-10-4-3-5-11-21/h3-15,34H,16-20H2,1-2H3. The molecule has 2 aliphatic rings. The number of H-pyrrole nitrogens is 1. The number of carbonyl (C=O) groups excluding carboxylic acids is 2. The summed E-state index contributed by atoms with van der Waals surface area (Å²) < 4.78 is 8.24. The number of hydrogen-bond donors (Lipinski definition) is 1. The summed E-state index contributed by atoms with van der Waals surface area (Å²) in [7, 11) is 4.13. The highest BCUT2D eigenvalue weighted by atomic mass is 16.5. The van der Waals surface area contributed by atoms with Gasteiger partial charge in [0.2, 0.25) is 0 Å². The van der Waals surface area contributed by atoms with Crippen LogP contribution < -0.4 is 0 Å². The van der Waals surface area contributed by atoms with Gasteiger partial charge in [-0.3, -0.25) is 9.59 Å². The second kappa shape index (κ2) is 9.62. The molecular weight excluding hydrogens is 500 g/mol. The number of carbonyl (C=O) groups is 2. The Morgan fingerprint density at radius 3 is 2.27 bits per heavy atom. The topological polar surface area (TPSA) is 70.6 Å². The molecule has 0 radical (unpaired) electrons. The first-order valence-electron chi connectivity index (χ1n) is 13.6. The second-order valence-electron chi connectivity index (χ2n) is 10.7. The molecule has 40 heavy (non-hydrogen) atoms. The van der Waals surface area contributed by atoms with E-state index in [1.165, 1.54) is 4.90 Å². The van der Waals surface area contributed by atoms with E-state index in [9.17, 15) is 9.59 Å². The number of para-hydroxylation sites is 2. The van der Waals surface area contributed by atoms with Crippen molar-refractivity contribution in [2.24, 2.45) is 0 Å². The lowest BCUT2D eigenvalue weighted by Gasteiger charge is -2.17. The van der Waals surface area contributed by atoms with Gasteiger partial charge in [0.1, 0.15) is 6.73 Å². The maximum absolute atomic E-state index is 14.2. The fourth-order valence-electron chi connectivity index (χ4n) is 6.14. The number of nitrogens with one attached hydrogen (secondary N) is 1. The van der Waals surface area contributed by atoms with E-state index in [0.29, 0.717) is 24.2 Å². The number of hydrogen-bond acceptors (Lipinski definition) is 4. The molecule has 5 aromatic rings. The highest BCUT2D eigenvalue weighted by molar-refractivity contribution is 6.51. The van der Waals surface area contributed by atoms with Crippen molar-refractivity contribution in [3.8, 4) is 0 Å². The van der Waals surface area contributed by atoms with Gasteiger partial charge < -0.3 is 19.2 Å². The highest BCUT2D eigenvalue weighted by Crippen LogP contribution is 2.47. The number of ether oxygens (including phenoxy) is 1. The molecule has 7 heteroatoms. The van der Waals surface area contributed by atoms with Crippen molar-refractivity contribution >= 4 is 44.8 Å². The van der Waals surface area contributed by atoms with Crippen LogP contribution in [0.2, 0.25) is 0 Å². The minimum absolute atomic E-state index is 0.105. The van der Waals surface area contributed by atoms with E-state index in [2.05, 4.69) is 40.7 Å². The van der Waals surface area contributed by atoms with Crippen LogP contribution in [-0.2, 0) is 33.9 Å². The number of amides is 2. The lowest BCUT2D eigenvalue weighted by molar-refractivity contribution is -0.142. The van der Waals surface area contributed by atoms with Crippen molar-refractivity contribution in [2.75, 3.05) is 27.4 Å². The van der Waals surface area contributed by atoms with E-state index in [4.69, 9.17) is 4.74 Å². The van der Waals surface area contributed by atoms with Crippen LogP contribution in [0.3, 0.4) is 0 Å². The molecule has 0 atom stereocenters. The van der Waals surface area contributed by atoms with Crippen LogP contribution in [0.4, 0.5) is 0 Å². The van der Waals surface area contributed by atoms with Crippen molar-refractivity contribution in [1.29, 1.82) is 0 Å². The van der Waals surface area contributed by atoms with E-state index in [-0.39, 0.29) is 18.5 Å². The molecule has 0 saturated heterocycles. The number of fused-ring (bicyclic) bond motifs is 8. The molecular formula is C33H30N4O3. The zero-order valence-electron chi connectivity index (χ0n) is 22.6. The van der Waals surface area contributed by atoms with E-state index in [0.717, 1.165) is 63.0 Å². The average Bonchev–Trinajstić information content (AvgIpc) is 3.51. The minimum atomic E-state index is -0.308. The first-order chi connectivity index (χ1) is 19.5. The molecule has 3 heterocycles. The number of aromatic nitrogens is 2. The number of nitrogens with zero attached hydrogens (tertiary/aromatic N) is 3. The lowest BCUT2D eigenvalue weighted by atomic mass is 9.95. The van der Waals surface area contributed by atoms with E-state index in [1.54, 1.807) is 0 Å². The third-order valence-corrected chi connectivity index (χ3v) is 7.98. The third-order valence-electron chi connectivity index (χ3n) is 7.98. The Kier molecular flexibility index (Phi) is 5.91. The van der Waals surface area contributed by atoms with Gasteiger partial charge in [-0.2, -0.15) is 0 Å². The van der Waals surface area contributed by atoms with Gasteiger partial charge >= 0.3 is 0 Å². The first kappa shape index (κ1) is 24.6. The van der Waals surface area contributed by atoms with Gasteiger partial charge in [0.05, 0.1) is 17.8 Å². The summed E-state index contributed by atoms with van der Waals surface area (Å²) in [5.74, 6) is -0.611. The molecule has 2 amide bonds. The average molecular weight is 531 g/mol. The predicted molar refractivity (Wildman–Crippen MR) is 156 cm³/mol. The Morgan fingerprint density at radius 1 is 0.825 bits per heavy atom. The van der Waals surface area contributed by atoms with Gasteiger partial charge in [-0.25, -0.2) is 4.90 Å². The maximum Gasteiger partial charge on any atom is 0.264 e. The second-order valence-corrected chi connectivity index (χ2v) is 10.7. The maximum atomic E-state index is 14.2. The third kappa shape index (κ3) is 3.81. The summed E-state index contributed by atoms with van der Waals surface area (Å²) in [4.78, 5) is 35.4. The van der Waals surface area contributed by atoms with Crippen LogP contribution in [-0.4, -0.2) is 58.5 Å². The lowest BCUT2D eigenvalue weighted by Crippen LogP contribution is -2.34. The monoisotopic (exact) mass is 530 g/mol. The molecule has 1 aliphatic heterocycles. The molecule has 0 saturated carbocycles. The molecule has 7 rings (SSSR count). The van der Waals surface area contributed by atoms with Gasteiger partial charge in [0.15, 0.2) is 0 Å². The van der Waals surface area contributed by atoms with Gasteiger partial charge in [-0.1, -0.05) is 66.7 Å². The number of rotatable bonds is 7. The molecule has 0 bridgehead atoms.